The second kappa shape index (κ2) is 10.2. The Balaban J connectivity index is 3.22. The maximum atomic E-state index is 12.3. The molecule has 5 atom stereocenters. The fraction of sp³-hybridized carbons (Fsp3) is 0.875. The van der Waals surface area contributed by atoms with E-state index < -0.39 is 36.1 Å². The van der Waals surface area contributed by atoms with Crippen LogP contribution < -0.4 is 11.1 Å². The van der Waals surface area contributed by atoms with Crippen LogP contribution in [0.3, 0.4) is 0 Å². The van der Waals surface area contributed by atoms with Crippen LogP contribution in [-0.2, 0) is 19.1 Å². The molecule has 0 aromatic carbocycles. The molecule has 0 aromatic heterocycles. The van der Waals surface area contributed by atoms with E-state index in [0.717, 1.165) is 12.8 Å². The lowest BCUT2D eigenvalue weighted by atomic mass is 9.76. The lowest BCUT2D eigenvalue weighted by molar-refractivity contribution is -0.155. The lowest BCUT2D eigenvalue weighted by Gasteiger charge is -2.44. The summed E-state index contributed by atoms with van der Waals surface area (Å²) in [4.78, 5) is 26.8. The third-order valence-corrected chi connectivity index (χ3v) is 4.49. The number of hydrogen-bond acceptors (Lipinski definition) is 6. The number of carbonyl (C=O) groups is 2. The zero-order valence-electron chi connectivity index (χ0n) is 15.3. The van der Waals surface area contributed by atoms with Crippen molar-refractivity contribution in [1.29, 1.82) is 0 Å². The molecular weight excluding hydrogens is 326 g/mol. The van der Waals surface area contributed by atoms with Crippen LogP contribution in [0.1, 0.15) is 47.0 Å². The number of hydrogen-bond donors (Lipinski definition) is 2. The number of esters is 1. The van der Waals surface area contributed by atoms with Crippen molar-refractivity contribution in [1.82, 2.24) is 5.32 Å². The monoisotopic (exact) mass is 355 g/mol. The number of nitrogens with one attached hydrogen (secondary N) is 1. The van der Waals surface area contributed by atoms with Crippen LogP contribution in [-0.4, -0.2) is 48.8 Å². The first-order valence-corrected chi connectivity index (χ1v) is 8.78. The normalized spacial score (nSPS) is 29.0. The molecule has 25 heavy (non-hydrogen) atoms. The van der Waals surface area contributed by atoms with Crippen LogP contribution in [0.4, 0.5) is 0 Å². The number of amides is 1. The van der Waals surface area contributed by atoms with Crippen molar-refractivity contribution in [3.63, 3.8) is 0 Å². The molecule has 0 spiro atoms. The van der Waals surface area contributed by atoms with Crippen LogP contribution in [0.15, 0.2) is 5.11 Å². The number of carbonyl (C=O) groups excluding carboxylic acids is 2. The molecule has 1 aliphatic carbocycles. The lowest BCUT2D eigenvalue weighted by Crippen LogP contribution is -2.65. The highest BCUT2D eigenvalue weighted by atomic mass is 16.5. The summed E-state index contributed by atoms with van der Waals surface area (Å²) in [5.41, 5.74) is 15.2. The van der Waals surface area contributed by atoms with E-state index in [4.69, 9.17) is 20.7 Å². The summed E-state index contributed by atoms with van der Waals surface area (Å²) in [6.07, 6.45) is 0.967. The van der Waals surface area contributed by atoms with Crippen LogP contribution >= 0.6 is 0 Å². The Labute approximate surface area is 148 Å². The van der Waals surface area contributed by atoms with Gasteiger partial charge in [-0.05, 0) is 31.7 Å². The first-order valence-electron chi connectivity index (χ1n) is 8.78. The van der Waals surface area contributed by atoms with E-state index >= 15 is 0 Å². The highest BCUT2D eigenvalue weighted by molar-refractivity contribution is 5.75. The maximum Gasteiger partial charge on any atom is 0.309 e. The van der Waals surface area contributed by atoms with E-state index in [2.05, 4.69) is 15.3 Å². The molecule has 0 saturated heterocycles. The number of nitrogens with two attached hydrogens (primary N) is 1. The van der Waals surface area contributed by atoms with Gasteiger partial charge in [0.1, 0.15) is 0 Å². The van der Waals surface area contributed by atoms with Crippen molar-refractivity contribution in [2.24, 2.45) is 16.8 Å². The van der Waals surface area contributed by atoms with Gasteiger partial charge in [-0.15, -0.1) is 0 Å². The van der Waals surface area contributed by atoms with Gasteiger partial charge in [0.15, 0.2) is 0 Å². The molecule has 3 N–H and O–H groups in total. The molecule has 9 heteroatoms. The standard InChI is InChI=1S/C16H29N5O4/c1-5-10(6-2)25-15-13(20-21-18)11(16(23)24-7-3)8-12(17)14(15)19-9(4)22/h10-15H,5-8,17H2,1-4H3,(H,19,22)/t11?,12-,13?,14+,15?/m0/s1. The zero-order valence-corrected chi connectivity index (χ0v) is 15.3. The first-order chi connectivity index (χ1) is 11.9. The molecule has 0 aromatic rings. The molecule has 0 radical (unpaired) electrons. The predicted octanol–water partition coefficient (Wildman–Crippen LogP) is 1.65. The fourth-order valence-electron chi connectivity index (χ4n) is 3.25. The van der Waals surface area contributed by atoms with Crippen molar-refractivity contribution in [2.45, 2.75) is 77.3 Å². The van der Waals surface area contributed by atoms with E-state index in [1.54, 1.807) is 6.92 Å². The van der Waals surface area contributed by atoms with E-state index in [-0.39, 0.29) is 25.0 Å². The summed E-state index contributed by atoms with van der Waals surface area (Å²) in [6.45, 7) is 7.29. The van der Waals surface area contributed by atoms with E-state index in [1.807, 2.05) is 13.8 Å². The topological polar surface area (TPSA) is 139 Å². The minimum absolute atomic E-state index is 0.0919. The largest absolute Gasteiger partial charge is 0.466 e. The van der Waals surface area contributed by atoms with Crippen LogP contribution in [0.2, 0.25) is 0 Å². The average Bonchev–Trinajstić information content (AvgIpc) is 2.57. The van der Waals surface area contributed by atoms with E-state index in [9.17, 15) is 9.59 Å². The van der Waals surface area contributed by atoms with Gasteiger partial charge in [0.25, 0.3) is 0 Å². The van der Waals surface area contributed by atoms with Crippen molar-refractivity contribution in [3.8, 4) is 0 Å². The number of nitrogens with zero attached hydrogens (tertiary/aromatic N) is 3. The van der Waals surface area contributed by atoms with Crippen LogP contribution in [0.25, 0.3) is 10.4 Å². The maximum absolute atomic E-state index is 12.3. The minimum Gasteiger partial charge on any atom is -0.466 e. The summed E-state index contributed by atoms with van der Waals surface area (Å²) in [7, 11) is 0. The Bertz CT molecular complexity index is 505. The van der Waals surface area contributed by atoms with Gasteiger partial charge in [-0.1, -0.05) is 19.0 Å². The van der Waals surface area contributed by atoms with E-state index in [0.29, 0.717) is 0 Å². The molecule has 142 valence electrons. The minimum atomic E-state index is -0.790. The third-order valence-electron chi connectivity index (χ3n) is 4.49. The zero-order chi connectivity index (χ0) is 19.0. The Hall–Kier alpha value is -1.83. The van der Waals surface area contributed by atoms with Crippen molar-refractivity contribution in [3.05, 3.63) is 10.4 Å². The first kappa shape index (κ1) is 21.2. The van der Waals surface area contributed by atoms with Crippen molar-refractivity contribution < 1.29 is 19.1 Å². The van der Waals surface area contributed by atoms with Crippen LogP contribution in [0.5, 0.6) is 0 Å². The number of azide groups is 1. The average molecular weight is 355 g/mol. The number of ether oxygens (including phenoxy) is 2. The number of rotatable bonds is 8. The van der Waals surface area contributed by atoms with E-state index in [1.165, 1.54) is 6.92 Å². The molecule has 0 heterocycles. The Morgan fingerprint density at radius 1 is 1.36 bits per heavy atom. The fourth-order valence-corrected chi connectivity index (χ4v) is 3.25. The van der Waals surface area contributed by atoms with Gasteiger partial charge in [-0.2, -0.15) is 0 Å². The van der Waals surface area contributed by atoms with Gasteiger partial charge in [0.2, 0.25) is 5.91 Å². The molecule has 1 amide bonds. The summed E-state index contributed by atoms with van der Waals surface area (Å²) < 4.78 is 11.2. The Morgan fingerprint density at radius 2 is 2.00 bits per heavy atom. The van der Waals surface area contributed by atoms with Crippen molar-refractivity contribution >= 4 is 11.9 Å². The molecule has 1 fully saturated rings. The molecule has 0 bridgehead atoms. The highest BCUT2D eigenvalue weighted by Crippen LogP contribution is 2.32. The highest BCUT2D eigenvalue weighted by Gasteiger charge is 2.48. The molecule has 3 unspecified atom stereocenters. The van der Waals surface area contributed by atoms with Gasteiger partial charge in [0, 0.05) is 17.9 Å². The Morgan fingerprint density at radius 3 is 2.48 bits per heavy atom. The van der Waals surface area contributed by atoms with Gasteiger partial charge in [-0.3, -0.25) is 9.59 Å². The van der Waals surface area contributed by atoms with Gasteiger partial charge in [-0.25, -0.2) is 0 Å². The van der Waals surface area contributed by atoms with Crippen LogP contribution in [0, 0.1) is 5.92 Å². The summed E-state index contributed by atoms with van der Waals surface area (Å²) in [5.74, 6) is -1.42. The Kier molecular flexibility index (Phi) is 8.68. The molecule has 1 aliphatic rings. The van der Waals surface area contributed by atoms with Crippen molar-refractivity contribution in [2.75, 3.05) is 6.61 Å². The third kappa shape index (κ3) is 5.59. The second-order valence-corrected chi connectivity index (χ2v) is 6.22. The summed E-state index contributed by atoms with van der Waals surface area (Å²) in [6, 6.07) is -1.84. The van der Waals surface area contributed by atoms with Gasteiger partial charge in [0.05, 0.1) is 36.8 Å². The molecule has 1 rings (SSSR count). The van der Waals surface area contributed by atoms with Gasteiger partial charge >= 0.3 is 5.97 Å². The summed E-state index contributed by atoms with van der Waals surface area (Å²) in [5, 5.41) is 6.60. The molecular formula is C16H29N5O4. The smallest absolute Gasteiger partial charge is 0.309 e. The molecule has 1 saturated carbocycles. The van der Waals surface area contributed by atoms with Gasteiger partial charge < -0.3 is 20.5 Å². The molecule has 0 aliphatic heterocycles. The quantitative estimate of drug-likeness (QED) is 0.295. The summed E-state index contributed by atoms with van der Waals surface area (Å²) >= 11 is 0. The second-order valence-electron chi connectivity index (χ2n) is 6.22. The molecule has 9 nitrogen and oxygen atoms in total. The predicted molar refractivity (Wildman–Crippen MR) is 92.5 cm³/mol. The SMILES string of the molecule is CCOC(=O)C1C[C@H](N)[C@@H](NC(C)=O)C(OC(CC)CC)C1N=[N+]=[N-].